The molecule has 0 unspecified atom stereocenters. The number of nitrogens with two attached hydrogens (primary N) is 1. The van der Waals surface area contributed by atoms with E-state index >= 15 is 0 Å². The summed E-state index contributed by atoms with van der Waals surface area (Å²) >= 11 is 0. The van der Waals surface area contributed by atoms with Crippen molar-refractivity contribution < 1.29 is 4.79 Å². The van der Waals surface area contributed by atoms with E-state index in [1.54, 1.807) is 24.0 Å². The highest BCUT2D eigenvalue weighted by Gasteiger charge is 2.14. The van der Waals surface area contributed by atoms with Gasteiger partial charge in [-0.05, 0) is 24.6 Å². The van der Waals surface area contributed by atoms with Gasteiger partial charge in [0.15, 0.2) is 0 Å². The topological polar surface area (TPSA) is 60.9 Å². The van der Waals surface area contributed by atoms with Crippen LogP contribution >= 0.6 is 0 Å². The standard InChI is InChI=1S/C13H15N3O/c1-16-9-7-12(15-16)13(17)11-5-3-2-4-10(11)6-8-14/h2-5,7,9H,6,8,14H2,1H3. The molecule has 0 radical (unpaired) electrons. The largest absolute Gasteiger partial charge is 0.330 e. The van der Waals surface area contributed by atoms with Crippen LogP contribution in [0.2, 0.25) is 0 Å². The van der Waals surface area contributed by atoms with Gasteiger partial charge in [0.1, 0.15) is 5.69 Å². The van der Waals surface area contributed by atoms with Crippen LogP contribution in [0.4, 0.5) is 0 Å². The minimum Gasteiger partial charge on any atom is -0.330 e. The molecular weight excluding hydrogens is 214 g/mol. The summed E-state index contributed by atoms with van der Waals surface area (Å²) in [4.78, 5) is 12.2. The summed E-state index contributed by atoms with van der Waals surface area (Å²) < 4.78 is 1.62. The van der Waals surface area contributed by atoms with Gasteiger partial charge in [-0.2, -0.15) is 5.10 Å². The second-order valence-corrected chi connectivity index (χ2v) is 3.90. The lowest BCUT2D eigenvalue weighted by molar-refractivity contribution is 0.103. The fourth-order valence-electron chi connectivity index (χ4n) is 1.79. The van der Waals surface area contributed by atoms with Crippen LogP contribution in [0.15, 0.2) is 36.5 Å². The molecule has 17 heavy (non-hydrogen) atoms. The van der Waals surface area contributed by atoms with Gasteiger partial charge in [-0.3, -0.25) is 9.48 Å². The molecule has 0 atom stereocenters. The predicted molar refractivity (Wildman–Crippen MR) is 65.8 cm³/mol. The van der Waals surface area contributed by atoms with Crippen molar-refractivity contribution >= 4 is 5.78 Å². The number of ketones is 1. The number of nitrogens with zero attached hydrogens (tertiary/aromatic N) is 2. The fraction of sp³-hybridized carbons (Fsp3) is 0.231. The van der Waals surface area contributed by atoms with Crippen LogP contribution in [0, 0.1) is 0 Å². The molecule has 2 N–H and O–H groups in total. The average molecular weight is 229 g/mol. The minimum absolute atomic E-state index is 0.0466. The summed E-state index contributed by atoms with van der Waals surface area (Å²) in [5.74, 6) is -0.0466. The zero-order chi connectivity index (χ0) is 12.3. The minimum atomic E-state index is -0.0466. The van der Waals surface area contributed by atoms with Crippen molar-refractivity contribution in [3.05, 3.63) is 53.3 Å². The van der Waals surface area contributed by atoms with Crippen molar-refractivity contribution in [2.45, 2.75) is 6.42 Å². The number of rotatable bonds is 4. The lowest BCUT2D eigenvalue weighted by atomic mass is 9.99. The molecular formula is C13H15N3O. The Balaban J connectivity index is 2.36. The Labute approximate surface area is 100 Å². The van der Waals surface area contributed by atoms with E-state index in [2.05, 4.69) is 5.10 Å². The molecule has 2 rings (SSSR count). The second-order valence-electron chi connectivity index (χ2n) is 3.90. The highest BCUT2D eigenvalue weighted by atomic mass is 16.1. The van der Waals surface area contributed by atoms with Gasteiger partial charge in [-0.15, -0.1) is 0 Å². The quantitative estimate of drug-likeness (QED) is 0.800. The van der Waals surface area contributed by atoms with E-state index in [0.717, 1.165) is 5.56 Å². The van der Waals surface area contributed by atoms with Gasteiger partial charge in [0.25, 0.3) is 0 Å². The van der Waals surface area contributed by atoms with E-state index in [1.807, 2.05) is 24.3 Å². The molecule has 1 heterocycles. The van der Waals surface area contributed by atoms with Crippen LogP contribution in [0.3, 0.4) is 0 Å². The van der Waals surface area contributed by atoms with E-state index in [0.29, 0.717) is 24.2 Å². The zero-order valence-corrected chi connectivity index (χ0v) is 9.76. The zero-order valence-electron chi connectivity index (χ0n) is 9.76. The van der Waals surface area contributed by atoms with Crippen LogP contribution in [-0.4, -0.2) is 22.1 Å². The molecule has 0 saturated heterocycles. The van der Waals surface area contributed by atoms with Crippen LogP contribution < -0.4 is 5.73 Å². The van der Waals surface area contributed by atoms with E-state index in [-0.39, 0.29) is 5.78 Å². The Morgan fingerprint density at radius 2 is 2.12 bits per heavy atom. The van der Waals surface area contributed by atoms with Gasteiger partial charge < -0.3 is 5.73 Å². The lowest BCUT2D eigenvalue weighted by Crippen LogP contribution is -2.10. The third-order valence-corrected chi connectivity index (χ3v) is 2.62. The predicted octanol–water partition coefficient (Wildman–Crippen LogP) is 1.15. The summed E-state index contributed by atoms with van der Waals surface area (Å²) in [5.41, 5.74) is 7.68. The first-order valence-electron chi connectivity index (χ1n) is 5.54. The highest BCUT2D eigenvalue weighted by Crippen LogP contribution is 2.13. The molecule has 0 aliphatic rings. The average Bonchev–Trinajstić information content (AvgIpc) is 2.76. The Morgan fingerprint density at radius 3 is 2.76 bits per heavy atom. The van der Waals surface area contributed by atoms with Crippen LogP contribution in [0.1, 0.15) is 21.6 Å². The van der Waals surface area contributed by atoms with Crippen LogP contribution in [-0.2, 0) is 13.5 Å². The van der Waals surface area contributed by atoms with Crippen molar-refractivity contribution in [1.82, 2.24) is 9.78 Å². The first-order valence-corrected chi connectivity index (χ1v) is 5.54. The molecule has 4 heteroatoms. The maximum atomic E-state index is 12.2. The summed E-state index contributed by atoms with van der Waals surface area (Å²) in [5, 5.41) is 4.12. The molecule has 0 spiro atoms. The number of hydrogen-bond acceptors (Lipinski definition) is 3. The van der Waals surface area contributed by atoms with E-state index in [4.69, 9.17) is 5.73 Å². The van der Waals surface area contributed by atoms with E-state index < -0.39 is 0 Å². The Hall–Kier alpha value is -1.94. The molecule has 0 amide bonds. The SMILES string of the molecule is Cn1ccc(C(=O)c2ccccc2CCN)n1. The van der Waals surface area contributed by atoms with Crippen molar-refractivity contribution in [2.24, 2.45) is 12.8 Å². The molecule has 0 saturated carbocycles. The number of aromatic nitrogens is 2. The number of carbonyl (C=O) groups is 1. The number of benzene rings is 1. The highest BCUT2D eigenvalue weighted by molar-refractivity contribution is 6.08. The first kappa shape index (κ1) is 11.5. The fourth-order valence-corrected chi connectivity index (χ4v) is 1.79. The second kappa shape index (κ2) is 4.93. The smallest absolute Gasteiger partial charge is 0.213 e. The molecule has 4 nitrogen and oxygen atoms in total. The van der Waals surface area contributed by atoms with Crippen molar-refractivity contribution in [3.63, 3.8) is 0 Å². The molecule has 1 aromatic heterocycles. The van der Waals surface area contributed by atoms with E-state index in [1.165, 1.54) is 0 Å². The number of aryl methyl sites for hydroxylation is 1. The molecule has 88 valence electrons. The molecule has 0 aliphatic heterocycles. The lowest BCUT2D eigenvalue weighted by Gasteiger charge is -2.05. The van der Waals surface area contributed by atoms with Gasteiger partial charge in [-0.25, -0.2) is 0 Å². The molecule has 1 aromatic carbocycles. The van der Waals surface area contributed by atoms with Gasteiger partial charge in [0.05, 0.1) is 0 Å². The normalized spacial score (nSPS) is 10.5. The van der Waals surface area contributed by atoms with Crippen LogP contribution in [0.5, 0.6) is 0 Å². The van der Waals surface area contributed by atoms with Gasteiger partial charge in [0.2, 0.25) is 5.78 Å². The molecule has 0 bridgehead atoms. The summed E-state index contributed by atoms with van der Waals surface area (Å²) in [7, 11) is 1.79. The van der Waals surface area contributed by atoms with E-state index in [9.17, 15) is 4.79 Å². The maximum Gasteiger partial charge on any atom is 0.213 e. The molecule has 0 fully saturated rings. The van der Waals surface area contributed by atoms with Crippen molar-refractivity contribution in [3.8, 4) is 0 Å². The van der Waals surface area contributed by atoms with Gasteiger partial charge in [0, 0.05) is 18.8 Å². The maximum absolute atomic E-state index is 12.2. The summed E-state index contributed by atoms with van der Waals surface area (Å²) in [6, 6.07) is 9.25. The Bertz CT molecular complexity index is 531. The number of carbonyl (C=O) groups excluding carboxylic acids is 1. The first-order chi connectivity index (χ1) is 8.22. The van der Waals surface area contributed by atoms with Crippen molar-refractivity contribution in [1.29, 1.82) is 0 Å². The summed E-state index contributed by atoms with van der Waals surface area (Å²) in [6.07, 6.45) is 2.47. The Morgan fingerprint density at radius 1 is 1.35 bits per heavy atom. The molecule has 2 aromatic rings. The number of hydrogen-bond donors (Lipinski definition) is 1. The van der Waals surface area contributed by atoms with Gasteiger partial charge >= 0.3 is 0 Å². The van der Waals surface area contributed by atoms with Gasteiger partial charge in [-0.1, -0.05) is 24.3 Å². The Kier molecular flexibility index (Phi) is 3.35. The summed E-state index contributed by atoms with van der Waals surface area (Å²) in [6.45, 7) is 0.534. The molecule has 0 aliphatic carbocycles. The monoisotopic (exact) mass is 229 g/mol. The third kappa shape index (κ3) is 2.42. The third-order valence-electron chi connectivity index (χ3n) is 2.62. The van der Waals surface area contributed by atoms with Crippen LogP contribution in [0.25, 0.3) is 0 Å². The van der Waals surface area contributed by atoms with Crippen molar-refractivity contribution in [2.75, 3.05) is 6.54 Å².